The van der Waals surface area contributed by atoms with Gasteiger partial charge in [-0.05, 0) is 32.9 Å². The molecule has 1 aromatic carbocycles. The van der Waals surface area contributed by atoms with E-state index in [0.717, 1.165) is 5.56 Å². The minimum atomic E-state index is -0.332. The van der Waals surface area contributed by atoms with E-state index in [4.69, 9.17) is 11.6 Å². The molecule has 100 valence electrons. The molecule has 6 heteroatoms. The first-order chi connectivity index (χ1) is 8.87. The summed E-state index contributed by atoms with van der Waals surface area (Å²) in [5.41, 5.74) is 1.17. The van der Waals surface area contributed by atoms with Gasteiger partial charge in [0.1, 0.15) is 5.69 Å². The molecule has 1 heterocycles. The molecule has 0 unspecified atom stereocenters. The molecule has 0 saturated carbocycles. The number of halogens is 1. The van der Waals surface area contributed by atoms with Gasteiger partial charge in [-0.25, -0.2) is 0 Å². The van der Waals surface area contributed by atoms with Gasteiger partial charge >= 0.3 is 0 Å². The van der Waals surface area contributed by atoms with Gasteiger partial charge in [0.25, 0.3) is 5.91 Å². The monoisotopic (exact) mass is 278 g/mol. The molecule has 0 aliphatic heterocycles. The second-order valence-corrected chi connectivity index (χ2v) is 5.67. The van der Waals surface area contributed by atoms with Gasteiger partial charge in [0.2, 0.25) is 0 Å². The third-order valence-electron chi connectivity index (χ3n) is 2.35. The molecule has 0 spiro atoms. The molecule has 1 amide bonds. The summed E-state index contributed by atoms with van der Waals surface area (Å²) in [7, 11) is 0. The largest absolute Gasteiger partial charge is 0.346 e. The molecule has 0 aliphatic carbocycles. The van der Waals surface area contributed by atoms with Crippen molar-refractivity contribution in [3.05, 3.63) is 35.0 Å². The van der Waals surface area contributed by atoms with Crippen LogP contribution >= 0.6 is 11.6 Å². The van der Waals surface area contributed by atoms with E-state index in [1.54, 1.807) is 18.2 Å². The van der Waals surface area contributed by atoms with Crippen LogP contribution in [-0.4, -0.2) is 26.9 Å². The minimum Gasteiger partial charge on any atom is -0.346 e. The van der Waals surface area contributed by atoms with Crippen LogP contribution in [0.3, 0.4) is 0 Å². The number of hydrogen-bond acceptors (Lipinski definition) is 3. The van der Waals surface area contributed by atoms with E-state index in [0.29, 0.717) is 10.7 Å². The lowest BCUT2D eigenvalue weighted by Crippen LogP contribution is -2.40. The predicted molar refractivity (Wildman–Crippen MR) is 74.0 cm³/mol. The smallest absolute Gasteiger partial charge is 0.274 e. The molecule has 0 saturated heterocycles. The third-order valence-corrected chi connectivity index (χ3v) is 2.58. The zero-order valence-corrected chi connectivity index (χ0v) is 11.7. The lowest BCUT2D eigenvalue weighted by Gasteiger charge is -2.19. The second kappa shape index (κ2) is 5.01. The fourth-order valence-electron chi connectivity index (χ4n) is 1.63. The van der Waals surface area contributed by atoms with Crippen molar-refractivity contribution in [2.24, 2.45) is 0 Å². The number of amides is 1. The fraction of sp³-hybridized carbons (Fsp3) is 0.308. The molecule has 19 heavy (non-hydrogen) atoms. The average Bonchev–Trinajstić information content (AvgIpc) is 2.75. The standard InChI is InChI=1S/C13H15ClN4O/c1-13(2,3)15-12(19)11-10(16-18-17-11)8-5-4-6-9(14)7-8/h4-7H,1-3H3,(H,15,19)(H,16,17,18). The first-order valence-electron chi connectivity index (χ1n) is 5.86. The average molecular weight is 279 g/mol. The Balaban J connectivity index is 2.35. The molecule has 0 atom stereocenters. The van der Waals surface area contributed by atoms with Gasteiger partial charge in [-0.3, -0.25) is 4.79 Å². The molecule has 0 radical (unpaired) electrons. The molecular formula is C13H15ClN4O. The molecular weight excluding hydrogens is 264 g/mol. The molecule has 2 aromatic rings. The number of H-pyrrole nitrogens is 1. The lowest BCUT2D eigenvalue weighted by atomic mass is 10.1. The van der Waals surface area contributed by atoms with Crippen LogP contribution in [0, 0.1) is 0 Å². The highest BCUT2D eigenvalue weighted by Crippen LogP contribution is 2.23. The number of nitrogens with zero attached hydrogens (tertiary/aromatic N) is 2. The fourth-order valence-corrected chi connectivity index (χ4v) is 1.82. The maximum absolute atomic E-state index is 12.1. The number of carbonyl (C=O) groups excluding carboxylic acids is 1. The first-order valence-corrected chi connectivity index (χ1v) is 6.24. The number of carbonyl (C=O) groups is 1. The molecule has 0 fully saturated rings. The predicted octanol–water partition coefficient (Wildman–Crippen LogP) is 2.65. The van der Waals surface area contributed by atoms with E-state index in [1.165, 1.54) is 0 Å². The second-order valence-electron chi connectivity index (χ2n) is 5.24. The Bertz CT molecular complexity index is 601. The molecule has 0 bridgehead atoms. The summed E-state index contributed by atoms with van der Waals surface area (Å²) in [6.07, 6.45) is 0. The minimum absolute atomic E-state index is 0.261. The van der Waals surface area contributed by atoms with Crippen molar-refractivity contribution in [1.82, 2.24) is 20.7 Å². The molecule has 2 rings (SSSR count). The zero-order chi connectivity index (χ0) is 14.0. The maximum atomic E-state index is 12.1. The van der Waals surface area contributed by atoms with Crippen molar-refractivity contribution in [2.45, 2.75) is 26.3 Å². The van der Waals surface area contributed by atoms with Crippen molar-refractivity contribution in [3.8, 4) is 11.3 Å². The number of nitrogens with one attached hydrogen (secondary N) is 2. The van der Waals surface area contributed by atoms with Crippen LogP contribution in [0.2, 0.25) is 5.02 Å². The lowest BCUT2D eigenvalue weighted by molar-refractivity contribution is 0.0915. The van der Waals surface area contributed by atoms with E-state index < -0.39 is 0 Å². The van der Waals surface area contributed by atoms with Crippen molar-refractivity contribution in [3.63, 3.8) is 0 Å². The summed E-state index contributed by atoms with van der Waals surface area (Å²) < 4.78 is 0. The van der Waals surface area contributed by atoms with Crippen molar-refractivity contribution in [2.75, 3.05) is 0 Å². The maximum Gasteiger partial charge on any atom is 0.274 e. The summed E-state index contributed by atoms with van der Waals surface area (Å²) in [4.78, 5) is 12.1. The Labute approximate surface area is 116 Å². The summed E-state index contributed by atoms with van der Waals surface area (Å²) in [5.74, 6) is -0.267. The highest BCUT2D eigenvalue weighted by atomic mass is 35.5. The molecule has 1 aromatic heterocycles. The van der Waals surface area contributed by atoms with Crippen LogP contribution in [0.1, 0.15) is 31.3 Å². The number of aromatic amines is 1. The Morgan fingerprint density at radius 2 is 2.05 bits per heavy atom. The SMILES string of the molecule is CC(C)(C)NC(=O)c1n[nH]nc1-c1cccc(Cl)c1. The first kappa shape index (κ1) is 13.5. The van der Waals surface area contributed by atoms with E-state index in [1.807, 2.05) is 26.8 Å². The van der Waals surface area contributed by atoms with Gasteiger partial charge in [-0.2, -0.15) is 15.4 Å². The Morgan fingerprint density at radius 1 is 1.32 bits per heavy atom. The Morgan fingerprint density at radius 3 is 2.68 bits per heavy atom. The van der Waals surface area contributed by atoms with Gasteiger partial charge < -0.3 is 5.32 Å². The third kappa shape index (κ3) is 3.32. The van der Waals surface area contributed by atoms with Gasteiger partial charge in [-0.15, -0.1) is 0 Å². The molecule has 2 N–H and O–H groups in total. The summed E-state index contributed by atoms with van der Waals surface area (Å²) in [6.45, 7) is 5.72. The van der Waals surface area contributed by atoms with Crippen LogP contribution in [0.15, 0.2) is 24.3 Å². The van der Waals surface area contributed by atoms with Gasteiger partial charge in [-0.1, -0.05) is 23.7 Å². The highest BCUT2D eigenvalue weighted by molar-refractivity contribution is 6.30. The van der Waals surface area contributed by atoms with E-state index >= 15 is 0 Å². The van der Waals surface area contributed by atoms with Crippen LogP contribution < -0.4 is 5.32 Å². The van der Waals surface area contributed by atoms with Crippen LogP contribution in [0.25, 0.3) is 11.3 Å². The topological polar surface area (TPSA) is 70.7 Å². The summed E-state index contributed by atoms with van der Waals surface area (Å²) >= 11 is 5.94. The normalized spacial score (nSPS) is 11.4. The molecule has 5 nitrogen and oxygen atoms in total. The van der Waals surface area contributed by atoms with Crippen LogP contribution in [0.4, 0.5) is 0 Å². The van der Waals surface area contributed by atoms with Crippen molar-refractivity contribution in [1.29, 1.82) is 0 Å². The Hall–Kier alpha value is -1.88. The summed E-state index contributed by atoms with van der Waals surface area (Å²) in [6, 6.07) is 7.14. The van der Waals surface area contributed by atoms with E-state index in [2.05, 4.69) is 20.7 Å². The summed E-state index contributed by atoms with van der Waals surface area (Å²) in [5, 5.41) is 13.9. The van der Waals surface area contributed by atoms with Gasteiger partial charge in [0.05, 0.1) is 0 Å². The van der Waals surface area contributed by atoms with Gasteiger partial charge in [0.15, 0.2) is 5.69 Å². The number of aromatic nitrogens is 3. The van der Waals surface area contributed by atoms with Crippen molar-refractivity contribution < 1.29 is 4.79 Å². The van der Waals surface area contributed by atoms with Gasteiger partial charge in [0, 0.05) is 16.1 Å². The Kier molecular flexibility index (Phi) is 3.57. The van der Waals surface area contributed by atoms with Crippen LogP contribution in [0.5, 0.6) is 0 Å². The van der Waals surface area contributed by atoms with Crippen molar-refractivity contribution >= 4 is 17.5 Å². The number of rotatable bonds is 2. The number of hydrogen-bond donors (Lipinski definition) is 2. The quantitative estimate of drug-likeness (QED) is 0.887. The number of benzene rings is 1. The van der Waals surface area contributed by atoms with E-state index in [9.17, 15) is 4.79 Å². The van der Waals surface area contributed by atoms with Crippen LogP contribution in [-0.2, 0) is 0 Å². The van der Waals surface area contributed by atoms with E-state index in [-0.39, 0.29) is 17.1 Å². The highest BCUT2D eigenvalue weighted by Gasteiger charge is 2.22. The zero-order valence-electron chi connectivity index (χ0n) is 11.0. The molecule has 0 aliphatic rings.